The van der Waals surface area contributed by atoms with E-state index in [1.165, 1.54) is 12.1 Å². The van der Waals surface area contributed by atoms with Crippen molar-refractivity contribution in [3.05, 3.63) is 28.8 Å². The number of carbonyl (C=O) groups is 1. The number of ketones is 1. The van der Waals surface area contributed by atoms with E-state index in [4.69, 9.17) is 0 Å². The minimum absolute atomic E-state index is 0.0328. The number of hydrogen-bond donors (Lipinski definition) is 0. The first kappa shape index (κ1) is 17.3. The number of fused-ring (bicyclic) bond motifs is 2. The van der Waals surface area contributed by atoms with Gasteiger partial charge in [-0.05, 0) is 43.0 Å². The normalized spacial score (nSPS) is 20.2. The Kier molecular flexibility index (Phi) is 3.94. The van der Waals surface area contributed by atoms with Crippen LogP contribution in [0.4, 0.5) is 13.2 Å². The van der Waals surface area contributed by atoms with Crippen LogP contribution in [0.25, 0.3) is 0 Å². The number of aryl methyl sites for hydroxylation is 1. The van der Waals surface area contributed by atoms with Crippen LogP contribution in [0.3, 0.4) is 0 Å². The topological polar surface area (TPSA) is 60.4 Å². The summed E-state index contributed by atoms with van der Waals surface area (Å²) in [5, 5.41) is 0. The molecule has 3 rings (SSSR count). The van der Waals surface area contributed by atoms with Crippen molar-refractivity contribution in [2.24, 2.45) is 0 Å². The van der Waals surface area contributed by atoms with E-state index in [-0.39, 0.29) is 11.5 Å². The molecule has 132 valence electrons. The largest absolute Gasteiger partial charge is 0.534 e. The highest BCUT2D eigenvalue weighted by Crippen LogP contribution is 2.50. The van der Waals surface area contributed by atoms with E-state index < -0.39 is 21.0 Å². The van der Waals surface area contributed by atoms with Gasteiger partial charge in [0.25, 0.3) is 0 Å². The zero-order chi connectivity index (χ0) is 17.8. The maximum absolute atomic E-state index is 12.5. The molecule has 2 aliphatic carbocycles. The van der Waals surface area contributed by atoms with Crippen LogP contribution in [0.1, 0.15) is 60.0 Å². The second-order valence-corrected chi connectivity index (χ2v) is 8.12. The molecule has 2 aliphatic rings. The molecule has 0 bridgehead atoms. The summed E-state index contributed by atoms with van der Waals surface area (Å²) in [6.07, 6.45) is 4.83. The Balaban J connectivity index is 2.06. The molecule has 0 heterocycles. The molecule has 1 saturated carbocycles. The van der Waals surface area contributed by atoms with Crippen molar-refractivity contribution in [2.75, 3.05) is 0 Å². The molecule has 0 radical (unpaired) electrons. The summed E-state index contributed by atoms with van der Waals surface area (Å²) >= 11 is 0. The van der Waals surface area contributed by atoms with Crippen molar-refractivity contribution in [2.45, 2.75) is 56.4 Å². The average Bonchev–Trinajstić information content (AvgIpc) is 2.70. The molecule has 1 spiro atoms. The predicted octanol–water partition coefficient (Wildman–Crippen LogP) is 4.01. The third-order valence-corrected chi connectivity index (χ3v) is 5.94. The minimum atomic E-state index is -5.73. The first-order valence-electron chi connectivity index (χ1n) is 7.75. The zero-order valence-electron chi connectivity index (χ0n) is 13.1. The SMILES string of the molecule is Cc1cc(OS(=O)(=O)C(F)(F)F)cc2c1C(=O)CC21CCCCC1. The van der Waals surface area contributed by atoms with Crippen molar-refractivity contribution >= 4 is 15.9 Å². The molecule has 1 fully saturated rings. The Morgan fingerprint density at radius 1 is 1.12 bits per heavy atom. The van der Waals surface area contributed by atoms with Crippen LogP contribution in [-0.4, -0.2) is 19.7 Å². The third kappa shape index (κ3) is 2.70. The summed E-state index contributed by atoms with van der Waals surface area (Å²) in [4.78, 5) is 12.4. The number of carbonyl (C=O) groups excluding carboxylic acids is 1. The van der Waals surface area contributed by atoms with Crippen LogP contribution < -0.4 is 4.18 Å². The standard InChI is InChI=1S/C16H17F3O4S/c1-10-7-11(23-24(21,22)16(17,18)19)8-12-14(10)13(20)9-15(12)5-3-2-4-6-15/h7-8H,2-6,9H2,1H3. The molecule has 0 aromatic heterocycles. The Hall–Kier alpha value is -1.57. The van der Waals surface area contributed by atoms with Gasteiger partial charge in [-0.2, -0.15) is 21.6 Å². The van der Waals surface area contributed by atoms with Crippen LogP contribution in [0, 0.1) is 6.92 Å². The van der Waals surface area contributed by atoms with Gasteiger partial charge in [0.15, 0.2) is 5.78 Å². The van der Waals surface area contributed by atoms with E-state index in [0.29, 0.717) is 23.1 Å². The first-order chi connectivity index (χ1) is 11.1. The molecule has 24 heavy (non-hydrogen) atoms. The highest BCUT2D eigenvalue weighted by Gasteiger charge is 2.49. The van der Waals surface area contributed by atoms with Gasteiger partial charge in [0, 0.05) is 17.4 Å². The summed E-state index contributed by atoms with van der Waals surface area (Å²) in [6.45, 7) is 1.59. The Morgan fingerprint density at radius 2 is 1.75 bits per heavy atom. The highest BCUT2D eigenvalue weighted by atomic mass is 32.2. The van der Waals surface area contributed by atoms with Gasteiger partial charge in [-0.25, -0.2) is 0 Å². The van der Waals surface area contributed by atoms with Crippen molar-refractivity contribution in [3.8, 4) is 5.75 Å². The van der Waals surface area contributed by atoms with Crippen LogP contribution in [0.5, 0.6) is 5.75 Å². The quantitative estimate of drug-likeness (QED) is 0.589. The molecule has 0 N–H and O–H groups in total. The Bertz CT molecular complexity index is 790. The molecule has 1 aromatic rings. The molecule has 8 heteroatoms. The maximum Gasteiger partial charge on any atom is 0.534 e. The molecular formula is C16H17F3O4S. The van der Waals surface area contributed by atoms with E-state index in [1.54, 1.807) is 6.92 Å². The number of benzene rings is 1. The molecular weight excluding hydrogens is 345 g/mol. The summed E-state index contributed by atoms with van der Waals surface area (Å²) < 4.78 is 64.4. The zero-order valence-corrected chi connectivity index (χ0v) is 13.9. The average molecular weight is 362 g/mol. The summed E-state index contributed by atoms with van der Waals surface area (Å²) in [5.74, 6) is -0.419. The van der Waals surface area contributed by atoms with E-state index in [1.807, 2.05) is 0 Å². The lowest BCUT2D eigenvalue weighted by Gasteiger charge is -2.34. The van der Waals surface area contributed by atoms with Crippen molar-refractivity contribution < 1.29 is 30.6 Å². The van der Waals surface area contributed by atoms with Gasteiger partial charge in [-0.1, -0.05) is 19.3 Å². The third-order valence-electron chi connectivity index (χ3n) is 4.96. The molecule has 0 unspecified atom stereocenters. The number of alkyl halides is 3. The minimum Gasteiger partial charge on any atom is -0.376 e. The summed E-state index contributed by atoms with van der Waals surface area (Å²) in [5.41, 5.74) is -4.28. The van der Waals surface area contributed by atoms with Gasteiger partial charge >= 0.3 is 15.6 Å². The van der Waals surface area contributed by atoms with Crippen molar-refractivity contribution in [1.82, 2.24) is 0 Å². The molecule has 0 atom stereocenters. The maximum atomic E-state index is 12.5. The van der Waals surface area contributed by atoms with Crippen molar-refractivity contribution in [1.29, 1.82) is 0 Å². The summed E-state index contributed by atoms with van der Waals surface area (Å²) in [6, 6.07) is 2.49. The molecule has 0 saturated heterocycles. The fourth-order valence-electron chi connectivity index (χ4n) is 3.93. The number of Topliss-reactive ketones (excluding diaryl/α,β-unsaturated/α-hetero) is 1. The number of rotatable bonds is 2. The van der Waals surface area contributed by atoms with Gasteiger partial charge in [0.2, 0.25) is 0 Å². The number of halogens is 3. The van der Waals surface area contributed by atoms with Crippen LogP contribution >= 0.6 is 0 Å². The lowest BCUT2D eigenvalue weighted by Crippen LogP contribution is -2.29. The monoisotopic (exact) mass is 362 g/mol. The van der Waals surface area contributed by atoms with Gasteiger partial charge in [-0.15, -0.1) is 0 Å². The first-order valence-corrected chi connectivity index (χ1v) is 9.16. The molecule has 0 amide bonds. The van der Waals surface area contributed by atoms with Gasteiger partial charge in [0.05, 0.1) is 0 Å². The Labute approximate surface area is 138 Å². The second-order valence-electron chi connectivity index (χ2n) is 6.59. The van der Waals surface area contributed by atoms with E-state index in [0.717, 1.165) is 32.1 Å². The summed E-state index contributed by atoms with van der Waals surface area (Å²) in [7, 11) is -5.73. The van der Waals surface area contributed by atoms with Gasteiger partial charge < -0.3 is 4.18 Å². The van der Waals surface area contributed by atoms with E-state index >= 15 is 0 Å². The Morgan fingerprint density at radius 3 is 2.33 bits per heavy atom. The van der Waals surface area contributed by atoms with Gasteiger partial charge in [-0.3, -0.25) is 4.79 Å². The predicted molar refractivity (Wildman–Crippen MR) is 80.5 cm³/mol. The van der Waals surface area contributed by atoms with Crippen LogP contribution in [-0.2, 0) is 15.5 Å². The van der Waals surface area contributed by atoms with E-state index in [2.05, 4.69) is 4.18 Å². The van der Waals surface area contributed by atoms with Crippen LogP contribution in [0.2, 0.25) is 0 Å². The highest BCUT2D eigenvalue weighted by molar-refractivity contribution is 7.88. The molecule has 4 nitrogen and oxygen atoms in total. The van der Waals surface area contributed by atoms with Crippen LogP contribution in [0.15, 0.2) is 12.1 Å². The van der Waals surface area contributed by atoms with Crippen molar-refractivity contribution in [3.63, 3.8) is 0 Å². The van der Waals surface area contributed by atoms with E-state index in [9.17, 15) is 26.4 Å². The number of hydrogen-bond acceptors (Lipinski definition) is 4. The fraction of sp³-hybridized carbons (Fsp3) is 0.562. The lowest BCUT2D eigenvalue weighted by atomic mass is 9.70. The smallest absolute Gasteiger partial charge is 0.376 e. The van der Waals surface area contributed by atoms with Gasteiger partial charge in [0.1, 0.15) is 5.75 Å². The fourth-order valence-corrected chi connectivity index (χ4v) is 4.37. The lowest BCUT2D eigenvalue weighted by molar-refractivity contribution is -0.0500. The molecule has 1 aromatic carbocycles. The second kappa shape index (κ2) is 5.47. The molecule has 0 aliphatic heterocycles.